The molecule has 0 saturated carbocycles. The highest BCUT2D eigenvalue weighted by molar-refractivity contribution is 6.05. The van der Waals surface area contributed by atoms with Crippen molar-refractivity contribution < 1.29 is 13.2 Å². The van der Waals surface area contributed by atoms with Crippen molar-refractivity contribution in [3.8, 4) is 0 Å². The van der Waals surface area contributed by atoms with Gasteiger partial charge in [0.15, 0.2) is 5.71 Å². The van der Waals surface area contributed by atoms with Gasteiger partial charge in [-0.05, 0) is 12.0 Å². The summed E-state index contributed by atoms with van der Waals surface area (Å²) in [5.41, 5.74) is 3.57. The highest BCUT2D eigenvalue weighted by atomic mass is 19.4. The lowest BCUT2D eigenvalue weighted by Crippen LogP contribution is -2.30. The summed E-state index contributed by atoms with van der Waals surface area (Å²) >= 11 is 0. The maximum Gasteiger partial charge on any atom is 0.435 e. The molecule has 0 spiro atoms. The summed E-state index contributed by atoms with van der Waals surface area (Å²) in [6.07, 6.45) is -2.51. The van der Waals surface area contributed by atoms with Crippen molar-refractivity contribution in [1.82, 2.24) is 10.7 Å². The first-order chi connectivity index (χ1) is 9.52. The van der Waals surface area contributed by atoms with Gasteiger partial charge in [-0.3, -0.25) is 0 Å². The molecule has 0 fully saturated rings. The van der Waals surface area contributed by atoms with Crippen LogP contribution in [0.5, 0.6) is 0 Å². The molecule has 0 saturated heterocycles. The number of hydrogen-bond acceptors (Lipinski definition) is 2. The molecule has 1 aromatic rings. The van der Waals surface area contributed by atoms with E-state index in [-0.39, 0.29) is 18.2 Å². The Morgan fingerprint density at radius 1 is 1.20 bits per heavy atom. The largest absolute Gasteiger partial charge is 0.435 e. The summed E-state index contributed by atoms with van der Waals surface area (Å²) in [6.45, 7) is 2.08. The second-order valence-electron chi connectivity index (χ2n) is 4.47. The van der Waals surface area contributed by atoms with Crippen LogP contribution in [0.1, 0.15) is 24.9 Å². The maximum absolute atomic E-state index is 12.7. The number of halogens is 3. The number of nitrogens with one attached hydrogen (secondary N) is 1. The first-order valence-electron chi connectivity index (χ1n) is 6.35. The van der Waals surface area contributed by atoms with Crippen molar-refractivity contribution in [2.75, 3.05) is 6.54 Å². The van der Waals surface area contributed by atoms with Crippen LogP contribution in [0, 0.1) is 0 Å². The summed E-state index contributed by atoms with van der Waals surface area (Å²) in [6, 6.07) is 9.63. The van der Waals surface area contributed by atoms with Gasteiger partial charge >= 0.3 is 6.18 Å². The molecule has 20 heavy (non-hydrogen) atoms. The van der Waals surface area contributed by atoms with E-state index in [1.807, 2.05) is 37.3 Å². The zero-order valence-corrected chi connectivity index (χ0v) is 11.0. The molecule has 3 nitrogen and oxygen atoms in total. The zero-order chi connectivity index (χ0) is 14.6. The van der Waals surface area contributed by atoms with E-state index in [1.165, 1.54) is 0 Å². The van der Waals surface area contributed by atoms with E-state index < -0.39 is 11.9 Å². The van der Waals surface area contributed by atoms with Crippen LogP contribution < -0.4 is 10.7 Å². The van der Waals surface area contributed by atoms with Gasteiger partial charge < -0.3 is 5.32 Å². The van der Waals surface area contributed by atoms with Gasteiger partial charge in [0.2, 0.25) is 0 Å². The molecule has 0 amide bonds. The van der Waals surface area contributed by atoms with Gasteiger partial charge in [-0.1, -0.05) is 37.3 Å². The van der Waals surface area contributed by atoms with Crippen molar-refractivity contribution >= 4 is 5.71 Å². The van der Waals surface area contributed by atoms with Gasteiger partial charge in [-0.2, -0.15) is 18.6 Å². The summed E-state index contributed by atoms with van der Waals surface area (Å²) in [5.74, 6) is 0. The SMILES string of the molecule is CCC(NCC1=C[N]N=C1C(F)(F)F)c1ccccc1. The molecular weight excluding hydrogens is 267 g/mol. The summed E-state index contributed by atoms with van der Waals surface area (Å²) in [7, 11) is 0. The molecule has 0 bridgehead atoms. The van der Waals surface area contributed by atoms with Gasteiger partial charge in [-0.25, -0.2) is 0 Å². The Kier molecular flexibility index (Phi) is 4.44. The molecule has 0 aromatic heterocycles. The van der Waals surface area contributed by atoms with Crippen molar-refractivity contribution in [2.24, 2.45) is 5.10 Å². The van der Waals surface area contributed by atoms with E-state index in [0.717, 1.165) is 18.2 Å². The fraction of sp³-hybridized carbons (Fsp3) is 0.357. The average molecular weight is 282 g/mol. The molecule has 1 N–H and O–H groups in total. The fourth-order valence-electron chi connectivity index (χ4n) is 2.07. The molecular formula is C14H15F3N3. The second kappa shape index (κ2) is 6.09. The van der Waals surface area contributed by atoms with Crippen LogP contribution in [0.4, 0.5) is 13.2 Å². The predicted octanol–water partition coefficient (Wildman–Crippen LogP) is 3.15. The Bertz CT molecular complexity index is 506. The van der Waals surface area contributed by atoms with Crippen LogP contribution in [0.25, 0.3) is 0 Å². The third-order valence-electron chi connectivity index (χ3n) is 3.09. The van der Waals surface area contributed by atoms with E-state index in [0.29, 0.717) is 0 Å². The molecule has 1 aliphatic rings. The van der Waals surface area contributed by atoms with Crippen LogP contribution in [-0.4, -0.2) is 18.4 Å². The van der Waals surface area contributed by atoms with Crippen LogP contribution in [-0.2, 0) is 0 Å². The van der Waals surface area contributed by atoms with Crippen LogP contribution in [0.3, 0.4) is 0 Å². The molecule has 1 radical (unpaired) electrons. The highest BCUT2D eigenvalue weighted by Gasteiger charge is 2.40. The average Bonchev–Trinajstić information content (AvgIpc) is 2.89. The second-order valence-corrected chi connectivity index (χ2v) is 4.47. The van der Waals surface area contributed by atoms with E-state index >= 15 is 0 Å². The quantitative estimate of drug-likeness (QED) is 0.885. The van der Waals surface area contributed by atoms with Gasteiger partial charge in [0.25, 0.3) is 0 Å². The number of nitrogens with zero attached hydrogens (tertiary/aromatic N) is 2. The molecule has 1 heterocycles. The van der Waals surface area contributed by atoms with Crippen LogP contribution >= 0.6 is 0 Å². The normalized spacial score (nSPS) is 16.4. The van der Waals surface area contributed by atoms with Gasteiger partial charge in [0.05, 0.1) is 6.20 Å². The molecule has 1 aromatic carbocycles. The lowest BCUT2D eigenvalue weighted by molar-refractivity contribution is -0.0583. The lowest BCUT2D eigenvalue weighted by atomic mass is 10.0. The molecule has 1 unspecified atom stereocenters. The fourth-order valence-corrected chi connectivity index (χ4v) is 2.07. The molecule has 107 valence electrons. The Hall–Kier alpha value is -1.82. The van der Waals surface area contributed by atoms with Crippen molar-refractivity contribution in [2.45, 2.75) is 25.6 Å². The van der Waals surface area contributed by atoms with Crippen LogP contribution in [0.15, 0.2) is 47.2 Å². The Balaban J connectivity index is 2.00. The first kappa shape index (κ1) is 14.6. The van der Waals surface area contributed by atoms with Crippen molar-refractivity contribution in [1.29, 1.82) is 0 Å². The predicted molar refractivity (Wildman–Crippen MR) is 71.2 cm³/mol. The van der Waals surface area contributed by atoms with Gasteiger partial charge in [0.1, 0.15) is 0 Å². The molecule has 0 aliphatic carbocycles. The highest BCUT2D eigenvalue weighted by Crippen LogP contribution is 2.25. The van der Waals surface area contributed by atoms with Gasteiger partial charge in [0, 0.05) is 18.2 Å². The number of alkyl halides is 3. The summed E-state index contributed by atoms with van der Waals surface area (Å²) in [5, 5.41) is 6.27. The van der Waals surface area contributed by atoms with E-state index in [4.69, 9.17) is 0 Å². The molecule has 1 atom stereocenters. The Morgan fingerprint density at radius 3 is 2.50 bits per heavy atom. The standard InChI is InChI=1S/C14H15F3N3/c1-2-12(10-6-4-3-5-7-10)18-8-11-9-19-20-13(11)14(15,16)17/h3-7,9,12,18H,2,8H2,1H3. The minimum Gasteiger partial charge on any atom is -0.306 e. The van der Waals surface area contributed by atoms with Gasteiger partial charge in [-0.15, -0.1) is 5.10 Å². The number of hydrogen-bond donors (Lipinski definition) is 1. The monoisotopic (exact) mass is 282 g/mol. The summed E-state index contributed by atoms with van der Waals surface area (Å²) < 4.78 is 38.0. The third-order valence-corrected chi connectivity index (χ3v) is 3.09. The lowest BCUT2D eigenvalue weighted by Gasteiger charge is -2.18. The third kappa shape index (κ3) is 3.39. The van der Waals surface area contributed by atoms with E-state index in [2.05, 4.69) is 15.8 Å². The van der Waals surface area contributed by atoms with Crippen molar-refractivity contribution in [3.05, 3.63) is 47.7 Å². The number of benzene rings is 1. The Labute approximate surface area is 115 Å². The smallest absolute Gasteiger partial charge is 0.306 e. The minimum atomic E-state index is -4.46. The molecule has 2 rings (SSSR count). The Morgan fingerprint density at radius 2 is 1.90 bits per heavy atom. The van der Waals surface area contributed by atoms with Crippen LogP contribution in [0.2, 0.25) is 0 Å². The zero-order valence-electron chi connectivity index (χ0n) is 11.0. The van der Waals surface area contributed by atoms with E-state index in [1.54, 1.807) is 0 Å². The molecule has 6 heteroatoms. The summed E-state index contributed by atoms with van der Waals surface area (Å²) in [4.78, 5) is 0. The molecule has 1 aliphatic heterocycles. The first-order valence-corrected chi connectivity index (χ1v) is 6.35. The topological polar surface area (TPSA) is 38.5 Å². The minimum absolute atomic E-state index is 0.00665. The number of rotatable bonds is 5. The maximum atomic E-state index is 12.7. The van der Waals surface area contributed by atoms with E-state index in [9.17, 15) is 13.2 Å². The van der Waals surface area contributed by atoms with Crippen molar-refractivity contribution in [3.63, 3.8) is 0 Å².